The van der Waals surface area contributed by atoms with Gasteiger partial charge in [0.25, 0.3) is 5.91 Å². The second kappa shape index (κ2) is 16.0. The maximum absolute atomic E-state index is 12.2. The molecule has 1 fully saturated rings. The quantitative estimate of drug-likeness (QED) is 0.235. The number of nitrogens with zero attached hydrogens (tertiary/aromatic N) is 2. The van der Waals surface area contributed by atoms with Gasteiger partial charge in [0.1, 0.15) is 6.04 Å². The molecule has 3 atom stereocenters. The largest absolute Gasteiger partial charge is 1.00 e. The topological polar surface area (TPSA) is 183 Å². The zero-order chi connectivity index (χ0) is 17.7. The molecule has 26 heavy (non-hydrogen) atoms. The Morgan fingerprint density at radius 3 is 2.08 bits per heavy atom. The van der Waals surface area contributed by atoms with Crippen LogP contribution < -0.4 is 169 Å². The third-order valence-electron chi connectivity index (χ3n) is 2.97. The summed E-state index contributed by atoms with van der Waals surface area (Å²) in [6, 6.07) is -3.41. The molecule has 1 aliphatic rings. The van der Waals surface area contributed by atoms with Gasteiger partial charge in [-0.1, -0.05) is 0 Å². The molecule has 0 unspecified atom stereocenters. The molecule has 0 aliphatic carbocycles. The van der Waals surface area contributed by atoms with Gasteiger partial charge in [0.2, 0.25) is 0 Å². The van der Waals surface area contributed by atoms with Crippen molar-refractivity contribution in [2.75, 3.05) is 0 Å². The zero-order valence-corrected chi connectivity index (χ0v) is 24.3. The van der Waals surface area contributed by atoms with Crippen LogP contribution in [0.15, 0.2) is 4.99 Å². The Kier molecular flexibility index (Phi) is 20.2. The Bertz CT molecular complexity index is 554. The fourth-order valence-corrected chi connectivity index (χ4v) is 1.99. The number of hydrogen-bond donors (Lipinski definition) is 1. The molecule has 0 aromatic carbocycles. The summed E-state index contributed by atoms with van der Waals surface area (Å²) in [5.41, 5.74) is 0. The molecule has 0 aromatic heterocycles. The van der Waals surface area contributed by atoms with Gasteiger partial charge in [-0.2, -0.15) is 0 Å². The maximum atomic E-state index is 12.2. The summed E-state index contributed by atoms with van der Waals surface area (Å²) < 4.78 is 0. The minimum Gasteiger partial charge on any atom is -0.862 e. The van der Waals surface area contributed by atoms with E-state index >= 15 is 0 Å². The van der Waals surface area contributed by atoms with Crippen LogP contribution in [-0.4, -0.2) is 58.1 Å². The van der Waals surface area contributed by atoms with Crippen LogP contribution in [0.25, 0.3) is 0 Å². The van der Waals surface area contributed by atoms with Gasteiger partial charge in [0, 0.05) is 12.4 Å². The molecule has 0 aromatic rings. The van der Waals surface area contributed by atoms with Crippen molar-refractivity contribution in [3.63, 3.8) is 0 Å². The second-order valence-corrected chi connectivity index (χ2v) is 4.75. The number of carbonyl (C=O) groups excluding carboxylic acids is 3. The number of carboxylic acids is 3. The number of rotatable bonds is 6. The van der Waals surface area contributed by atoms with E-state index in [4.69, 9.17) is 9.94 Å². The number of aliphatic carboxylic acids is 3. The summed E-state index contributed by atoms with van der Waals surface area (Å²) in [4.78, 5) is 52.9. The number of amides is 1. The van der Waals surface area contributed by atoms with Gasteiger partial charge in [-0.25, -0.2) is 9.86 Å². The van der Waals surface area contributed by atoms with E-state index in [1.807, 2.05) is 0 Å². The van der Waals surface area contributed by atoms with Crippen molar-refractivity contribution in [1.29, 1.82) is 0 Å². The summed E-state index contributed by atoms with van der Waals surface area (Å²) in [6.45, 7) is 0.961. The van der Waals surface area contributed by atoms with Crippen molar-refractivity contribution in [2.45, 2.75) is 44.4 Å². The molecule has 0 bridgehead atoms. The molecule has 1 saturated heterocycles. The van der Waals surface area contributed by atoms with E-state index in [0.29, 0.717) is 0 Å². The van der Waals surface area contributed by atoms with E-state index < -0.39 is 54.3 Å². The van der Waals surface area contributed by atoms with Crippen molar-refractivity contribution in [3.05, 3.63) is 0 Å². The Hall–Kier alpha value is 2.22. The third-order valence-corrected chi connectivity index (χ3v) is 2.97. The van der Waals surface area contributed by atoms with E-state index in [-0.39, 0.29) is 172 Å². The molecule has 1 amide bonds. The Morgan fingerprint density at radius 1 is 1.15 bits per heavy atom. The van der Waals surface area contributed by atoms with Crippen molar-refractivity contribution < 1.29 is 199 Å². The monoisotopic (exact) mass is 446 g/mol. The molecular weight excluding hydrogens is 433 g/mol. The average Bonchev–Trinajstić information content (AvgIpc) is 2.43. The number of hydroxylamine groups is 2. The van der Waals surface area contributed by atoms with E-state index in [1.54, 1.807) is 0 Å². The summed E-state index contributed by atoms with van der Waals surface area (Å²) in [5, 5.41) is 41.8. The summed E-state index contributed by atoms with van der Waals surface area (Å²) >= 11 is 0. The molecule has 0 saturated carbocycles. The van der Waals surface area contributed by atoms with Crippen molar-refractivity contribution >= 4 is 29.7 Å². The van der Waals surface area contributed by atoms with E-state index in [1.165, 1.54) is 0 Å². The van der Waals surface area contributed by atoms with Gasteiger partial charge in [-0.05, 0) is 25.7 Å². The number of aliphatic imine (C=N–C) groups is 1. The summed E-state index contributed by atoms with van der Waals surface area (Å²) in [5.74, 6) is -6.99. The van der Waals surface area contributed by atoms with Crippen LogP contribution in [-0.2, 0) is 24.0 Å². The first kappa shape index (κ1) is 32.9. The fourth-order valence-electron chi connectivity index (χ4n) is 1.99. The van der Waals surface area contributed by atoms with Gasteiger partial charge in [-0.15, -0.1) is 0 Å². The molecule has 1 heterocycles. The Morgan fingerprint density at radius 2 is 1.69 bits per heavy atom. The van der Waals surface area contributed by atoms with E-state index in [9.17, 15) is 34.5 Å². The molecule has 128 valence electrons. The van der Waals surface area contributed by atoms with Gasteiger partial charge in [0.15, 0.2) is 6.10 Å². The number of carbonyl (C=O) groups is 4. The van der Waals surface area contributed by atoms with Crippen LogP contribution in [0.5, 0.6) is 0 Å². The summed E-state index contributed by atoms with van der Waals surface area (Å²) in [7, 11) is 0. The second-order valence-electron chi connectivity index (χ2n) is 4.75. The molecule has 1 N–H and O–H groups in total. The van der Waals surface area contributed by atoms with Crippen molar-refractivity contribution in [1.82, 2.24) is 5.06 Å². The maximum Gasteiger partial charge on any atom is 1.00 e. The van der Waals surface area contributed by atoms with Crippen LogP contribution in [0.3, 0.4) is 0 Å². The molecule has 11 nitrogen and oxygen atoms in total. The number of carboxylic acid groups (broad SMARTS) is 3. The Labute approximate surface area is 276 Å². The normalized spacial score (nSPS) is 20.5. The molecule has 0 spiro atoms. The third kappa shape index (κ3) is 10.8. The zero-order valence-electron chi connectivity index (χ0n) is 15.0. The van der Waals surface area contributed by atoms with Crippen molar-refractivity contribution in [3.8, 4) is 0 Å². The summed E-state index contributed by atoms with van der Waals surface area (Å²) in [6.07, 6.45) is -2.94. The standard InChI is InChI=1S/C12H16N2O9.3K/c1-5(15)13-6(4-9(16)17)10(18)14-7(11(19)20)2-3-8(23-14)12(21)22;;;/h6-8H,2-4H2,1H3,(H,13,15)(H,16,17)(H,19,20)(H,21,22);;;/q;3*+1/p-3/t6-,7+,8+;;;/m0.../s1. The van der Waals surface area contributed by atoms with Gasteiger partial charge < -0.3 is 30.0 Å². The average molecular weight is 447 g/mol. The van der Waals surface area contributed by atoms with Crippen LogP contribution in [0, 0.1) is 0 Å². The van der Waals surface area contributed by atoms with Gasteiger partial charge in [-0.3, -0.25) is 14.6 Å². The van der Waals surface area contributed by atoms with Crippen LogP contribution in [0.2, 0.25) is 0 Å². The van der Waals surface area contributed by atoms with Gasteiger partial charge in [0.05, 0.1) is 12.0 Å². The Balaban J connectivity index is -0.00000176. The van der Waals surface area contributed by atoms with Crippen LogP contribution in [0.4, 0.5) is 0 Å². The van der Waals surface area contributed by atoms with E-state index in [2.05, 4.69) is 4.99 Å². The molecule has 14 heteroatoms. The van der Waals surface area contributed by atoms with Gasteiger partial charge >= 0.3 is 160 Å². The first-order chi connectivity index (χ1) is 10.6. The minimum atomic E-state index is -1.79. The minimum absolute atomic E-state index is 0. The predicted molar refractivity (Wildman–Crippen MR) is 63.9 cm³/mol. The molecule has 0 radical (unpaired) electrons. The SMILES string of the molecule is CC([O-])=N[C@@H](CC(=O)[O-])C(=O)N1O[C@@H](C(=O)O)CC[C@@H]1C(=O)[O-].[K+].[K+].[K+]. The molecular formula is C12H13K3N2O9. The van der Waals surface area contributed by atoms with Crippen LogP contribution >= 0.6 is 0 Å². The number of hydrogen-bond acceptors (Lipinski definition) is 9. The first-order valence-electron chi connectivity index (χ1n) is 6.48. The van der Waals surface area contributed by atoms with Crippen LogP contribution in [0.1, 0.15) is 26.2 Å². The fraction of sp³-hybridized carbons (Fsp3) is 0.583. The van der Waals surface area contributed by atoms with Crippen molar-refractivity contribution in [2.24, 2.45) is 4.99 Å². The predicted octanol–water partition coefficient (Wildman–Crippen LogP) is -13.6. The van der Waals surface area contributed by atoms with E-state index in [0.717, 1.165) is 6.92 Å². The first-order valence-corrected chi connectivity index (χ1v) is 6.48. The smallest absolute Gasteiger partial charge is 0.862 e. The molecule has 1 aliphatic heterocycles. The molecule has 1 rings (SSSR count).